The van der Waals surface area contributed by atoms with Gasteiger partial charge in [0.25, 0.3) is 0 Å². The summed E-state index contributed by atoms with van der Waals surface area (Å²) in [6.45, 7) is 5.57. The fourth-order valence-corrected chi connectivity index (χ4v) is 3.62. The summed E-state index contributed by atoms with van der Waals surface area (Å²) in [6.07, 6.45) is 0.978. The van der Waals surface area contributed by atoms with E-state index >= 15 is 0 Å². The van der Waals surface area contributed by atoms with Gasteiger partial charge in [-0.05, 0) is 24.5 Å². The summed E-state index contributed by atoms with van der Waals surface area (Å²) in [5.41, 5.74) is 2.34. The van der Waals surface area contributed by atoms with Crippen molar-refractivity contribution in [2.24, 2.45) is 0 Å². The van der Waals surface area contributed by atoms with E-state index in [-0.39, 0.29) is 36.7 Å². The van der Waals surface area contributed by atoms with Gasteiger partial charge in [0, 0.05) is 26.7 Å². The molecule has 25 heavy (non-hydrogen) atoms. The van der Waals surface area contributed by atoms with Crippen molar-refractivity contribution >= 4 is 28.3 Å². The van der Waals surface area contributed by atoms with E-state index in [1.165, 1.54) is 12.6 Å². The highest BCUT2D eigenvalue weighted by atomic mass is 35.5. The highest BCUT2D eigenvalue weighted by Gasteiger charge is 2.30. The van der Waals surface area contributed by atoms with Crippen molar-refractivity contribution in [2.45, 2.75) is 26.3 Å². The number of carbonyl (C=O) groups excluding carboxylic acids is 1. The molecule has 6 nitrogen and oxygen atoms in total. The predicted octanol–water partition coefficient (Wildman–Crippen LogP) is 1.43. The number of amides is 1. The van der Waals surface area contributed by atoms with Crippen molar-refractivity contribution in [3.05, 3.63) is 35.4 Å². The number of hydrogen-bond acceptors (Lipinski definition) is 4. The molecule has 1 aliphatic heterocycles. The minimum atomic E-state index is -3.35. The first-order chi connectivity index (χ1) is 11.4. The molecule has 0 spiro atoms. The Bertz CT molecular complexity index is 664. The molecule has 1 atom stereocenters. The van der Waals surface area contributed by atoms with Crippen LogP contribution in [-0.2, 0) is 21.2 Å². The van der Waals surface area contributed by atoms with Crippen LogP contribution in [0.3, 0.4) is 0 Å². The maximum atomic E-state index is 12.7. The second-order valence-corrected chi connectivity index (χ2v) is 8.42. The van der Waals surface area contributed by atoms with E-state index in [0.717, 1.165) is 22.8 Å². The number of hydrogen-bond donors (Lipinski definition) is 1. The summed E-state index contributed by atoms with van der Waals surface area (Å²) in [4.78, 5) is 14.5. The van der Waals surface area contributed by atoms with E-state index in [1.807, 2.05) is 0 Å². The second kappa shape index (κ2) is 9.52. The van der Waals surface area contributed by atoms with Crippen LogP contribution in [0.2, 0.25) is 0 Å². The standard InChI is InChI=1S/C17H27N3O3S.ClH/c1-4-14-6-8-15(9-7-14)16-12-18-10-11-20(16)17(21)13-19(3)24(22,23)5-2;/h6-9,16,18H,4-5,10-13H2,1-3H3;1H. The molecule has 0 aromatic heterocycles. The van der Waals surface area contributed by atoms with Gasteiger partial charge in [-0.2, -0.15) is 4.31 Å². The molecular formula is C17H28ClN3O3S. The molecule has 1 fully saturated rings. The number of piperazine rings is 1. The number of benzene rings is 1. The zero-order valence-corrected chi connectivity index (χ0v) is 16.7. The maximum Gasteiger partial charge on any atom is 0.238 e. The van der Waals surface area contributed by atoms with Crippen LogP contribution in [0.4, 0.5) is 0 Å². The molecule has 8 heteroatoms. The van der Waals surface area contributed by atoms with E-state index < -0.39 is 10.0 Å². The molecule has 1 N–H and O–H groups in total. The second-order valence-electron chi connectivity index (χ2n) is 6.06. The lowest BCUT2D eigenvalue weighted by Gasteiger charge is -2.37. The third kappa shape index (κ3) is 5.41. The molecule has 0 bridgehead atoms. The summed E-state index contributed by atoms with van der Waals surface area (Å²) in [6, 6.07) is 8.22. The van der Waals surface area contributed by atoms with Gasteiger partial charge >= 0.3 is 0 Å². The highest BCUT2D eigenvalue weighted by molar-refractivity contribution is 7.89. The van der Waals surface area contributed by atoms with Crippen LogP contribution in [0.5, 0.6) is 0 Å². The fraction of sp³-hybridized carbons (Fsp3) is 0.588. The molecule has 1 saturated heterocycles. The van der Waals surface area contributed by atoms with E-state index in [2.05, 4.69) is 36.5 Å². The van der Waals surface area contributed by atoms with E-state index in [4.69, 9.17) is 0 Å². The van der Waals surface area contributed by atoms with Crippen LogP contribution in [0.15, 0.2) is 24.3 Å². The Morgan fingerprint density at radius 1 is 1.28 bits per heavy atom. The highest BCUT2D eigenvalue weighted by Crippen LogP contribution is 2.23. The molecular weight excluding hydrogens is 362 g/mol. The Kier molecular flexibility index (Phi) is 8.34. The van der Waals surface area contributed by atoms with Gasteiger partial charge in [0.05, 0.1) is 18.3 Å². The van der Waals surface area contributed by atoms with Gasteiger partial charge in [-0.1, -0.05) is 31.2 Å². The number of nitrogens with zero attached hydrogens (tertiary/aromatic N) is 2. The third-order valence-electron chi connectivity index (χ3n) is 4.53. The van der Waals surface area contributed by atoms with E-state index in [0.29, 0.717) is 13.1 Å². The van der Waals surface area contributed by atoms with Crippen LogP contribution in [-0.4, -0.2) is 62.5 Å². The Balaban J connectivity index is 0.00000312. The zero-order chi connectivity index (χ0) is 17.7. The van der Waals surface area contributed by atoms with Gasteiger partial charge in [-0.15, -0.1) is 12.4 Å². The van der Waals surface area contributed by atoms with E-state index in [9.17, 15) is 13.2 Å². The van der Waals surface area contributed by atoms with Gasteiger partial charge in [0.15, 0.2) is 0 Å². The van der Waals surface area contributed by atoms with Crippen LogP contribution >= 0.6 is 12.4 Å². The molecule has 0 aliphatic carbocycles. The minimum absolute atomic E-state index is 0. The number of sulfonamides is 1. The summed E-state index contributed by atoms with van der Waals surface area (Å²) in [5.74, 6) is -0.152. The summed E-state index contributed by atoms with van der Waals surface area (Å²) in [5, 5.41) is 3.32. The first kappa shape index (κ1) is 21.9. The van der Waals surface area contributed by atoms with Gasteiger partial charge in [0.2, 0.25) is 15.9 Å². The lowest BCUT2D eigenvalue weighted by atomic mass is 10.0. The average Bonchev–Trinajstić information content (AvgIpc) is 2.61. The molecule has 1 heterocycles. The number of halogens is 1. The SMILES string of the molecule is CCc1ccc(C2CNCCN2C(=O)CN(C)S(=O)(=O)CC)cc1.Cl. The third-order valence-corrected chi connectivity index (χ3v) is 6.34. The number of aryl methyl sites for hydroxylation is 1. The monoisotopic (exact) mass is 389 g/mol. The molecule has 1 aromatic carbocycles. The molecule has 1 aromatic rings. The van der Waals surface area contributed by atoms with Gasteiger partial charge in [-0.3, -0.25) is 4.79 Å². The smallest absolute Gasteiger partial charge is 0.238 e. The number of carbonyl (C=O) groups is 1. The number of nitrogens with one attached hydrogen (secondary N) is 1. The van der Waals surface area contributed by atoms with Crippen molar-refractivity contribution in [1.82, 2.24) is 14.5 Å². The molecule has 1 amide bonds. The van der Waals surface area contributed by atoms with Crippen molar-refractivity contribution < 1.29 is 13.2 Å². The summed E-state index contributed by atoms with van der Waals surface area (Å²) < 4.78 is 24.9. The largest absolute Gasteiger partial charge is 0.332 e. The summed E-state index contributed by atoms with van der Waals surface area (Å²) >= 11 is 0. The first-order valence-corrected chi connectivity index (χ1v) is 10.0. The van der Waals surface area contributed by atoms with Crippen molar-refractivity contribution in [1.29, 1.82) is 0 Å². The van der Waals surface area contributed by atoms with Gasteiger partial charge < -0.3 is 10.2 Å². The van der Waals surface area contributed by atoms with Crippen LogP contribution < -0.4 is 5.32 Å². The lowest BCUT2D eigenvalue weighted by Crippen LogP contribution is -2.51. The van der Waals surface area contributed by atoms with Gasteiger partial charge in [0.1, 0.15) is 0 Å². The Morgan fingerprint density at radius 3 is 2.48 bits per heavy atom. The molecule has 2 rings (SSSR count). The topological polar surface area (TPSA) is 69.7 Å². The Morgan fingerprint density at radius 2 is 1.92 bits per heavy atom. The molecule has 1 unspecified atom stereocenters. The summed E-state index contributed by atoms with van der Waals surface area (Å²) in [7, 11) is -1.89. The average molecular weight is 390 g/mol. The van der Waals surface area contributed by atoms with Crippen LogP contribution in [0, 0.1) is 0 Å². The number of likely N-dealkylation sites (N-methyl/N-ethyl adjacent to an activating group) is 1. The molecule has 142 valence electrons. The molecule has 1 aliphatic rings. The van der Waals surface area contributed by atoms with E-state index in [1.54, 1.807) is 11.8 Å². The minimum Gasteiger partial charge on any atom is -0.332 e. The lowest BCUT2D eigenvalue weighted by molar-refractivity contribution is -0.134. The predicted molar refractivity (Wildman–Crippen MR) is 102 cm³/mol. The van der Waals surface area contributed by atoms with Crippen molar-refractivity contribution in [2.75, 3.05) is 39.0 Å². The zero-order valence-electron chi connectivity index (χ0n) is 15.1. The first-order valence-electron chi connectivity index (χ1n) is 8.42. The number of rotatable bonds is 6. The maximum absolute atomic E-state index is 12.7. The molecule has 0 saturated carbocycles. The van der Waals surface area contributed by atoms with Crippen LogP contribution in [0.25, 0.3) is 0 Å². The van der Waals surface area contributed by atoms with Crippen molar-refractivity contribution in [3.63, 3.8) is 0 Å². The van der Waals surface area contributed by atoms with Crippen LogP contribution in [0.1, 0.15) is 31.0 Å². The fourth-order valence-electron chi connectivity index (χ4n) is 2.88. The Hall–Kier alpha value is -1.15. The molecule has 0 radical (unpaired) electrons. The van der Waals surface area contributed by atoms with Gasteiger partial charge in [-0.25, -0.2) is 8.42 Å². The normalized spacial score (nSPS) is 18.1. The Labute approximate surface area is 157 Å². The quantitative estimate of drug-likeness (QED) is 0.799. The van der Waals surface area contributed by atoms with Crippen molar-refractivity contribution in [3.8, 4) is 0 Å².